The molecule has 5 heteroatoms. The Labute approximate surface area is 164 Å². The van der Waals surface area contributed by atoms with Gasteiger partial charge in [-0.3, -0.25) is 4.55 Å². The minimum atomic E-state index is -3.82. The standard InChI is InChI=1S/C22H31NO3S/c1-23(2,18-8-9-19-27(24,25)26)17-7-6-10-20-13-15-22(16-14-20)21-11-4-3-5-12-21/h3-5,11-16H,6-10,17-19H2,1-2H3/p+1. The van der Waals surface area contributed by atoms with Crippen molar-refractivity contribution in [2.45, 2.75) is 32.1 Å². The predicted molar refractivity (Wildman–Crippen MR) is 112 cm³/mol. The van der Waals surface area contributed by atoms with Crippen molar-refractivity contribution in [1.82, 2.24) is 0 Å². The van der Waals surface area contributed by atoms with E-state index in [1.807, 2.05) is 6.07 Å². The van der Waals surface area contributed by atoms with Gasteiger partial charge in [0.2, 0.25) is 0 Å². The molecule has 148 valence electrons. The quantitative estimate of drug-likeness (QED) is 0.351. The van der Waals surface area contributed by atoms with Crippen LogP contribution in [0.25, 0.3) is 11.1 Å². The summed E-state index contributed by atoms with van der Waals surface area (Å²) < 4.78 is 31.2. The summed E-state index contributed by atoms with van der Waals surface area (Å²) in [5.41, 5.74) is 3.87. The monoisotopic (exact) mass is 390 g/mol. The third-order valence-corrected chi connectivity index (χ3v) is 5.76. The molecule has 0 unspecified atom stereocenters. The maximum atomic E-state index is 10.8. The highest BCUT2D eigenvalue weighted by atomic mass is 32.2. The molecule has 0 radical (unpaired) electrons. The van der Waals surface area contributed by atoms with Crippen molar-refractivity contribution in [3.05, 3.63) is 60.2 Å². The van der Waals surface area contributed by atoms with Crippen LogP contribution in [0.1, 0.15) is 31.2 Å². The summed E-state index contributed by atoms with van der Waals surface area (Å²) in [4.78, 5) is 0. The summed E-state index contributed by atoms with van der Waals surface area (Å²) in [6.07, 6.45) is 4.71. The summed E-state index contributed by atoms with van der Waals surface area (Å²) in [5.74, 6) is -0.133. The van der Waals surface area contributed by atoms with Gasteiger partial charge in [-0.15, -0.1) is 0 Å². The second-order valence-electron chi connectivity index (χ2n) is 7.90. The number of nitrogens with zero attached hydrogens (tertiary/aromatic N) is 1. The van der Waals surface area contributed by atoms with Crippen LogP contribution < -0.4 is 0 Å². The average Bonchev–Trinajstić information content (AvgIpc) is 2.63. The van der Waals surface area contributed by atoms with Gasteiger partial charge in [0, 0.05) is 0 Å². The van der Waals surface area contributed by atoms with E-state index in [1.165, 1.54) is 16.7 Å². The molecule has 0 heterocycles. The van der Waals surface area contributed by atoms with Crippen molar-refractivity contribution in [2.75, 3.05) is 32.9 Å². The van der Waals surface area contributed by atoms with E-state index in [0.717, 1.165) is 43.3 Å². The first-order chi connectivity index (χ1) is 12.8. The molecule has 0 saturated heterocycles. The lowest BCUT2D eigenvalue weighted by atomic mass is 10.0. The zero-order valence-corrected chi connectivity index (χ0v) is 17.3. The van der Waals surface area contributed by atoms with Crippen LogP contribution in [0.4, 0.5) is 0 Å². The Balaban J connectivity index is 1.68. The van der Waals surface area contributed by atoms with E-state index in [9.17, 15) is 8.42 Å². The number of unbranched alkanes of at least 4 members (excludes halogenated alkanes) is 2. The normalized spacial score (nSPS) is 12.3. The van der Waals surface area contributed by atoms with Gasteiger partial charge in [0.15, 0.2) is 0 Å². The van der Waals surface area contributed by atoms with E-state index < -0.39 is 10.1 Å². The van der Waals surface area contributed by atoms with Crippen LogP contribution in [-0.4, -0.2) is 50.4 Å². The zero-order valence-electron chi connectivity index (χ0n) is 16.5. The maximum absolute atomic E-state index is 10.8. The van der Waals surface area contributed by atoms with Crippen LogP contribution in [0.2, 0.25) is 0 Å². The third-order valence-electron chi connectivity index (χ3n) is 4.96. The fourth-order valence-electron chi connectivity index (χ4n) is 3.30. The van der Waals surface area contributed by atoms with Crippen molar-refractivity contribution in [1.29, 1.82) is 0 Å². The zero-order chi connectivity index (χ0) is 19.8. The predicted octanol–water partition coefficient (Wildman–Crippen LogP) is 4.42. The van der Waals surface area contributed by atoms with Crippen LogP contribution in [0.5, 0.6) is 0 Å². The van der Waals surface area contributed by atoms with E-state index in [4.69, 9.17) is 4.55 Å². The molecule has 0 bridgehead atoms. The number of benzene rings is 2. The molecule has 0 amide bonds. The van der Waals surface area contributed by atoms with E-state index in [1.54, 1.807) is 0 Å². The molecule has 0 aliphatic rings. The minimum absolute atomic E-state index is 0.133. The highest BCUT2D eigenvalue weighted by molar-refractivity contribution is 7.85. The molecule has 0 aromatic heterocycles. The summed E-state index contributed by atoms with van der Waals surface area (Å²) in [6, 6.07) is 19.2. The fourth-order valence-corrected chi connectivity index (χ4v) is 3.87. The molecule has 2 aromatic rings. The second-order valence-corrected chi connectivity index (χ2v) is 9.47. The van der Waals surface area contributed by atoms with Crippen LogP contribution >= 0.6 is 0 Å². The Hall–Kier alpha value is -1.69. The SMILES string of the molecule is C[N+](C)(CCCCc1ccc(-c2ccccc2)cc1)CCCCS(=O)(=O)O. The number of aryl methyl sites for hydroxylation is 1. The van der Waals surface area contributed by atoms with Gasteiger partial charge in [0.25, 0.3) is 10.1 Å². The van der Waals surface area contributed by atoms with E-state index in [0.29, 0.717) is 6.42 Å². The van der Waals surface area contributed by atoms with Gasteiger partial charge in [-0.2, -0.15) is 8.42 Å². The van der Waals surface area contributed by atoms with Gasteiger partial charge >= 0.3 is 0 Å². The van der Waals surface area contributed by atoms with E-state index in [-0.39, 0.29) is 5.75 Å². The van der Waals surface area contributed by atoms with Gasteiger partial charge in [-0.05, 0) is 48.8 Å². The van der Waals surface area contributed by atoms with Crippen LogP contribution in [-0.2, 0) is 16.5 Å². The third kappa shape index (κ3) is 8.69. The minimum Gasteiger partial charge on any atom is -0.328 e. The van der Waals surface area contributed by atoms with Gasteiger partial charge in [0.1, 0.15) is 0 Å². The summed E-state index contributed by atoms with van der Waals surface area (Å²) in [5, 5.41) is 0. The van der Waals surface area contributed by atoms with Gasteiger partial charge in [-0.25, -0.2) is 0 Å². The van der Waals surface area contributed by atoms with Crippen molar-refractivity contribution in [3.63, 3.8) is 0 Å². The summed E-state index contributed by atoms with van der Waals surface area (Å²) in [6.45, 7) is 2.01. The topological polar surface area (TPSA) is 54.4 Å². The number of hydrogen-bond acceptors (Lipinski definition) is 2. The van der Waals surface area contributed by atoms with Crippen molar-refractivity contribution < 1.29 is 17.5 Å². The highest BCUT2D eigenvalue weighted by Crippen LogP contribution is 2.20. The molecule has 0 aliphatic carbocycles. The summed E-state index contributed by atoms with van der Waals surface area (Å²) >= 11 is 0. The smallest absolute Gasteiger partial charge is 0.264 e. The maximum Gasteiger partial charge on any atom is 0.264 e. The van der Waals surface area contributed by atoms with Gasteiger partial charge < -0.3 is 4.48 Å². The molecule has 0 fully saturated rings. The average molecular weight is 391 g/mol. The molecular weight excluding hydrogens is 358 g/mol. The molecule has 0 atom stereocenters. The van der Waals surface area contributed by atoms with Crippen LogP contribution in [0.15, 0.2) is 54.6 Å². The molecule has 0 spiro atoms. The first kappa shape index (κ1) is 21.6. The number of hydrogen-bond donors (Lipinski definition) is 1. The molecule has 2 aromatic carbocycles. The van der Waals surface area contributed by atoms with Crippen LogP contribution in [0.3, 0.4) is 0 Å². The van der Waals surface area contributed by atoms with Gasteiger partial charge in [0.05, 0.1) is 32.9 Å². The van der Waals surface area contributed by atoms with E-state index >= 15 is 0 Å². The Morgan fingerprint density at radius 2 is 1.33 bits per heavy atom. The lowest BCUT2D eigenvalue weighted by Crippen LogP contribution is -2.41. The van der Waals surface area contributed by atoms with Crippen molar-refractivity contribution >= 4 is 10.1 Å². The molecule has 2 rings (SSSR count). The Bertz CT molecular complexity index is 784. The van der Waals surface area contributed by atoms with Gasteiger partial charge in [-0.1, -0.05) is 54.6 Å². The number of rotatable bonds is 11. The van der Waals surface area contributed by atoms with E-state index in [2.05, 4.69) is 62.6 Å². The largest absolute Gasteiger partial charge is 0.328 e. The highest BCUT2D eigenvalue weighted by Gasteiger charge is 2.15. The molecule has 1 N–H and O–H groups in total. The Morgan fingerprint density at radius 3 is 1.93 bits per heavy atom. The Morgan fingerprint density at radius 1 is 0.778 bits per heavy atom. The number of quaternary nitrogens is 1. The molecule has 4 nitrogen and oxygen atoms in total. The molecule has 27 heavy (non-hydrogen) atoms. The summed E-state index contributed by atoms with van der Waals surface area (Å²) in [7, 11) is 0.544. The van der Waals surface area contributed by atoms with Crippen molar-refractivity contribution in [2.24, 2.45) is 0 Å². The molecule has 0 saturated carbocycles. The Kier molecular flexibility index (Phi) is 8.02. The lowest BCUT2D eigenvalue weighted by molar-refractivity contribution is -0.890. The molecule has 0 aliphatic heterocycles. The lowest BCUT2D eigenvalue weighted by Gasteiger charge is -2.29. The van der Waals surface area contributed by atoms with Crippen LogP contribution in [0, 0.1) is 0 Å². The second kappa shape index (κ2) is 10.0. The first-order valence-corrected chi connectivity index (χ1v) is 11.3. The first-order valence-electron chi connectivity index (χ1n) is 9.67. The fraction of sp³-hybridized carbons (Fsp3) is 0.455. The van der Waals surface area contributed by atoms with Crippen molar-refractivity contribution in [3.8, 4) is 11.1 Å². The molecular formula is C22H32NO3S+.